The third kappa shape index (κ3) is 5.31. The Morgan fingerprint density at radius 1 is 1.03 bits per heavy atom. The molecule has 0 aliphatic rings. The second-order valence-corrected chi connectivity index (χ2v) is 8.60. The molecule has 0 unspecified atom stereocenters. The number of aliphatic carboxylic acids is 1. The van der Waals surface area contributed by atoms with E-state index in [2.05, 4.69) is 10.1 Å². The minimum Gasteiger partial charge on any atom is -0.480 e. The molecule has 1 heterocycles. The third-order valence-electron chi connectivity index (χ3n) is 6.12. The quantitative estimate of drug-likeness (QED) is 0.316. The lowest BCUT2D eigenvalue weighted by atomic mass is 9.94. The van der Waals surface area contributed by atoms with Crippen molar-refractivity contribution in [2.75, 3.05) is 13.6 Å². The SMILES string of the molecule is Cc1cc(-c2nc(-c3ccc([C@@H](C)N(C)CC(=O)O)cc3)no2)ccc1-c1ccccc1C(F)(F)F. The molecule has 0 aliphatic carbocycles. The van der Waals surface area contributed by atoms with Crippen LogP contribution in [0.3, 0.4) is 0 Å². The van der Waals surface area contributed by atoms with Gasteiger partial charge in [0.25, 0.3) is 5.89 Å². The van der Waals surface area contributed by atoms with Gasteiger partial charge in [-0.3, -0.25) is 9.69 Å². The molecule has 186 valence electrons. The highest BCUT2D eigenvalue weighted by Crippen LogP contribution is 2.39. The van der Waals surface area contributed by atoms with Crippen molar-refractivity contribution in [3.8, 4) is 34.0 Å². The van der Waals surface area contributed by atoms with Crippen LogP contribution in [0.5, 0.6) is 0 Å². The van der Waals surface area contributed by atoms with Crippen molar-refractivity contribution in [1.82, 2.24) is 15.0 Å². The number of rotatable bonds is 7. The van der Waals surface area contributed by atoms with Crippen molar-refractivity contribution in [3.05, 3.63) is 83.4 Å². The number of carboxylic acids is 1. The molecule has 1 atom stereocenters. The first-order valence-electron chi connectivity index (χ1n) is 11.2. The standard InChI is InChI=1S/C27H24F3N3O3/c1-16-14-20(12-13-21(16)22-6-4-5-7-23(22)27(28,29)30)26-31-25(32-36-26)19-10-8-18(9-11-19)17(2)33(3)15-24(34)35/h4-14,17H,15H2,1-3H3,(H,34,35)/t17-/m1/s1. The summed E-state index contributed by atoms with van der Waals surface area (Å²) in [5.41, 5.74) is 2.80. The van der Waals surface area contributed by atoms with E-state index in [0.717, 1.165) is 11.6 Å². The zero-order valence-corrected chi connectivity index (χ0v) is 19.9. The molecule has 3 aromatic carbocycles. The van der Waals surface area contributed by atoms with Gasteiger partial charge in [-0.2, -0.15) is 18.2 Å². The van der Waals surface area contributed by atoms with Gasteiger partial charge >= 0.3 is 12.1 Å². The monoisotopic (exact) mass is 495 g/mol. The van der Waals surface area contributed by atoms with Gasteiger partial charge in [-0.1, -0.05) is 53.7 Å². The third-order valence-corrected chi connectivity index (χ3v) is 6.12. The van der Waals surface area contributed by atoms with Crippen LogP contribution in [0.1, 0.15) is 29.7 Å². The maximum atomic E-state index is 13.5. The molecular weight excluding hydrogens is 471 g/mol. The Bertz CT molecular complexity index is 1380. The van der Waals surface area contributed by atoms with E-state index in [1.807, 2.05) is 31.2 Å². The van der Waals surface area contributed by atoms with Gasteiger partial charge in [-0.05, 0) is 61.3 Å². The number of nitrogens with zero attached hydrogens (tertiary/aromatic N) is 3. The number of alkyl halides is 3. The molecule has 0 saturated heterocycles. The Hall–Kier alpha value is -3.98. The summed E-state index contributed by atoms with van der Waals surface area (Å²) >= 11 is 0. The number of hydrogen-bond donors (Lipinski definition) is 1. The van der Waals surface area contributed by atoms with Gasteiger partial charge in [-0.15, -0.1) is 0 Å². The summed E-state index contributed by atoms with van der Waals surface area (Å²) in [4.78, 5) is 17.1. The lowest BCUT2D eigenvalue weighted by Gasteiger charge is -2.23. The van der Waals surface area contributed by atoms with E-state index in [4.69, 9.17) is 9.63 Å². The summed E-state index contributed by atoms with van der Waals surface area (Å²) in [6.45, 7) is 3.59. The van der Waals surface area contributed by atoms with Gasteiger partial charge in [0.1, 0.15) is 0 Å². The van der Waals surface area contributed by atoms with E-state index in [-0.39, 0.29) is 24.0 Å². The van der Waals surface area contributed by atoms with E-state index >= 15 is 0 Å². The Balaban J connectivity index is 1.57. The average molecular weight is 496 g/mol. The lowest BCUT2D eigenvalue weighted by Crippen LogP contribution is -2.28. The molecule has 1 N–H and O–H groups in total. The van der Waals surface area contributed by atoms with Crippen LogP contribution in [0.15, 0.2) is 71.3 Å². The fourth-order valence-corrected chi connectivity index (χ4v) is 4.04. The highest BCUT2D eigenvalue weighted by Gasteiger charge is 2.33. The number of hydrogen-bond acceptors (Lipinski definition) is 5. The minimum atomic E-state index is -4.46. The predicted molar refractivity (Wildman–Crippen MR) is 129 cm³/mol. The summed E-state index contributed by atoms with van der Waals surface area (Å²) in [5, 5.41) is 13.0. The topological polar surface area (TPSA) is 79.5 Å². The number of aromatic nitrogens is 2. The number of carbonyl (C=O) groups is 1. The van der Waals surface area contributed by atoms with E-state index in [9.17, 15) is 18.0 Å². The van der Waals surface area contributed by atoms with Gasteiger partial charge in [0.2, 0.25) is 5.82 Å². The molecule has 9 heteroatoms. The normalized spacial score (nSPS) is 12.6. The molecule has 4 rings (SSSR count). The van der Waals surface area contributed by atoms with Crippen molar-refractivity contribution in [2.24, 2.45) is 0 Å². The largest absolute Gasteiger partial charge is 0.480 e. The van der Waals surface area contributed by atoms with Gasteiger partial charge in [-0.25, -0.2) is 0 Å². The fraction of sp³-hybridized carbons (Fsp3) is 0.222. The number of benzene rings is 3. The maximum Gasteiger partial charge on any atom is 0.417 e. The van der Waals surface area contributed by atoms with Crippen LogP contribution in [-0.2, 0) is 11.0 Å². The Morgan fingerprint density at radius 2 is 1.69 bits per heavy atom. The molecule has 0 aliphatic heterocycles. The van der Waals surface area contributed by atoms with Crippen molar-refractivity contribution in [2.45, 2.75) is 26.1 Å². The summed E-state index contributed by atoms with van der Waals surface area (Å²) < 4.78 is 45.8. The van der Waals surface area contributed by atoms with Crippen LogP contribution in [0.4, 0.5) is 13.2 Å². The second kappa shape index (κ2) is 9.94. The molecule has 0 amide bonds. The molecule has 0 radical (unpaired) electrons. The number of likely N-dealkylation sites (N-methyl/N-ethyl adjacent to an activating group) is 1. The van der Waals surface area contributed by atoms with E-state index < -0.39 is 17.7 Å². The molecule has 1 aromatic heterocycles. The number of carboxylic acid groups (broad SMARTS) is 1. The van der Waals surface area contributed by atoms with Crippen LogP contribution in [0.2, 0.25) is 0 Å². The molecule has 6 nitrogen and oxygen atoms in total. The van der Waals surface area contributed by atoms with Crippen LogP contribution in [-0.4, -0.2) is 39.7 Å². The Kier molecular flexibility index (Phi) is 6.94. The van der Waals surface area contributed by atoms with Crippen LogP contribution in [0.25, 0.3) is 34.0 Å². The molecule has 0 bridgehead atoms. The zero-order valence-electron chi connectivity index (χ0n) is 19.9. The van der Waals surface area contributed by atoms with Gasteiger partial charge in [0.15, 0.2) is 0 Å². The first-order chi connectivity index (χ1) is 17.0. The van der Waals surface area contributed by atoms with Gasteiger partial charge in [0, 0.05) is 17.2 Å². The van der Waals surface area contributed by atoms with Gasteiger partial charge < -0.3 is 9.63 Å². The second-order valence-electron chi connectivity index (χ2n) is 8.60. The van der Waals surface area contributed by atoms with E-state index in [1.54, 1.807) is 43.1 Å². The number of aryl methyl sites for hydroxylation is 1. The van der Waals surface area contributed by atoms with Crippen LogP contribution in [0, 0.1) is 6.92 Å². The molecule has 0 spiro atoms. The van der Waals surface area contributed by atoms with E-state index in [0.29, 0.717) is 28.1 Å². The van der Waals surface area contributed by atoms with Crippen LogP contribution < -0.4 is 0 Å². The highest BCUT2D eigenvalue weighted by molar-refractivity contribution is 5.74. The zero-order chi connectivity index (χ0) is 26.0. The molecule has 0 fully saturated rings. The first kappa shape index (κ1) is 25.1. The summed E-state index contributed by atoms with van der Waals surface area (Å²) in [5.74, 6) is -0.275. The molecule has 36 heavy (non-hydrogen) atoms. The summed E-state index contributed by atoms with van der Waals surface area (Å²) in [6.07, 6.45) is -4.46. The highest BCUT2D eigenvalue weighted by atomic mass is 19.4. The van der Waals surface area contributed by atoms with Crippen molar-refractivity contribution < 1.29 is 27.6 Å². The van der Waals surface area contributed by atoms with Crippen molar-refractivity contribution >= 4 is 5.97 Å². The first-order valence-corrected chi connectivity index (χ1v) is 11.2. The van der Waals surface area contributed by atoms with Crippen molar-refractivity contribution in [1.29, 1.82) is 0 Å². The fourth-order valence-electron chi connectivity index (χ4n) is 4.04. The van der Waals surface area contributed by atoms with Crippen molar-refractivity contribution in [3.63, 3.8) is 0 Å². The molecular formula is C27H24F3N3O3. The summed E-state index contributed by atoms with van der Waals surface area (Å²) in [6, 6.07) is 17.8. The van der Waals surface area contributed by atoms with Crippen LogP contribution >= 0.6 is 0 Å². The average Bonchev–Trinajstić information content (AvgIpc) is 3.33. The smallest absolute Gasteiger partial charge is 0.417 e. The van der Waals surface area contributed by atoms with Gasteiger partial charge in [0.05, 0.1) is 12.1 Å². The molecule has 4 aromatic rings. The molecule has 0 saturated carbocycles. The van der Waals surface area contributed by atoms with E-state index in [1.165, 1.54) is 12.1 Å². The Morgan fingerprint density at radius 3 is 2.33 bits per heavy atom. The minimum absolute atomic E-state index is 0.0723. The lowest BCUT2D eigenvalue weighted by molar-refractivity contribution is -0.138. The predicted octanol–water partition coefficient (Wildman–Crippen LogP) is 6.48. The maximum absolute atomic E-state index is 13.5. The summed E-state index contributed by atoms with van der Waals surface area (Å²) in [7, 11) is 1.74. The Labute approximate surface area is 206 Å². The number of halogens is 3.